The van der Waals surface area contributed by atoms with Crippen LogP contribution in [0.3, 0.4) is 0 Å². The molecule has 0 unspecified atom stereocenters. The third-order valence-corrected chi connectivity index (χ3v) is 10.7. The van der Waals surface area contributed by atoms with Crippen molar-refractivity contribution in [1.29, 1.82) is 0 Å². The minimum atomic E-state index is -4.56. The van der Waals surface area contributed by atoms with Crippen molar-refractivity contribution in [3.05, 3.63) is 151 Å². The monoisotopic (exact) mass is 589 g/mol. The van der Waals surface area contributed by atoms with Gasteiger partial charge < -0.3 is 23.4 Å². The van der Waals surface area contributed by atoms with Gasteiger partial charge >= 0.3 is 15.2 Å². The number of rotatable bonds is 12. The van der Waals surface area contributed by atoms with Gasteiger partial charge in [-0.05, 0) is 72.8 Å². The van der Waals surface area contributed by atoms with Crippen molar-refractivity contribution in [2.45, 2.75) is 5.52 Å². The van der Waals surface area contributed by atoms with E-state index in [1.807, 2.05) is 0 Å². The number of anilines is 1. The summed E-state index contributed by atoms with van der Waals surface area (Å²) in [6.07, 6.45) is 0. The Hall–Kier alpha value is -4.51. The zero-order valence-electron chi connectivity index (χ0n) is 21.7. The van der Waals surface area contributed by atoms with E-state index in [1.165, 1.54) is 24.3 Å². The standard InChI is InChI=1S/C31H26FNO6P2/c32-25-21-23-26(24-22-25)33-31(40(34,36-27-13-5-1-6-14-27)37-28-15-7-2-8-16-28)41(35,38-29-17-9-3-10-18-29)39-30-19-11-4-12-20-30/h1-24,31,33H. The van der Waals surface area contributed by atoms with Crippen LogP contribution < -0.4 is 23.4 Å². The Kier molecular flexibility index (Phi) is 8.73. The first-order valence-corrected chi connectivity index (χ1v) is 15.8. The SMILES string of the molecule is O=P(Oc1ccccc1)(Oc1ccccc1)C(Nc1ccc(F)cc1)P(=O)(Oc1ccccc1)Oc1ccccc1. The Morgan fingerprint density at radius 1 is 0.463 bits per heavy atom. The van der Waals surface area contributed by atoms with E-state index in [2.05, 4.69) is 5.32 Å². The summed E-state index contributed by atoms with van der Waals surface area (Å²) < 4.78 is 68.1. The molecule has 0 spiro atoms. The molecule has 0 atom stereocenters. The second-order valence-electron chi connectivity index (χ2n) is 8.72. The van der Waals surface area contributed by atoms with Gasteiger partial charge in [-0.1, -0.05) is 72.8 Å². The molecule has 5 rings (SSSR count). The van der Waals surface area contributed by atoms with Crippen LogP contribution in [0.25, 0.3) is 0 Å². The van der Waals surface area contributed by atoms with Gasteiger partial charge in [-0.3, -0.25) is 0 Å². The molecular weight excluding hydrogens is 563 g/mol. The van der Waals surface area contributed by atoms with Crippen molar-refractivity contribution in [3.63, 3.8) is 0 Å². The molecule has 0 aliphatic carbocycles. The van der Waals surface area contributed by atoms with Gasteiger partial charge in [0, 0.05) is 5.69 Å². The summed E-state index contributed by atoms with van der Waals surface area (Å²) in [5, 5.41) is 2.98. The fourth-order valence-electron chi connectivity index (χ4n) is 3.78. The summed E-state index contributed by atoms with van der Waals surface area (Å²) in [7, 11) is -9.13. The molecule has 0 bridgehead atoms. The van der Waals surface area contributed by atoms with Gasteiger partial charge in [0.05, 0.1) is 0 Å². The molecule has 208 valence electrons. The van der Waals surface area contributed by atoms with Crippen LogP contribution in [0.5, 0.6) is 23.0 Å². The minimum Gasteiger partial charge on any atom is -0.414 e. The molecule has 5 aromatic carbocycles. The predicted molar refractivity (Wildman–Crippen MR) is 157 cm³/mol. The second kappa shape index (κ2) is 12.8. The van der Waals surface area contributed by atoms with Gasteiger partial charge in [-0.15, -0.1) is 0 Å². The normalized spacial score (nSPS) is 11.5. The molecule has 0 amide bonds. The van der Waals surface area contributed by atoms with Crippen molar-refractivity contribution in [3.8, 4) is 23.0 Å². The molecule has 5 aromatic rings. The predicted octanol–water partition coefficient (Wildman–Crippen LogP) is 9.22. The van der Waals surface area contributed by atoms with Crippen molar-refractivity contribution < 1.29 is 31.6 Å². The van der Waals surface area contributed by atoms with Crippen LogP contribution in [-0.2, 0) is 9.13 Å². The highest BCUT2D eigenvalue weighted by Gasteiger charge is 2.56. The molecule has 0 aliphatic rings. The first kappa shape index (κ1) is 28.0. The smallest absolute Gasteiger partial charge is 0.414 e. The lowest BCUT2D eigenvalue weighted by Gasteiger charge is -2.33. The van der Waals surface area contributed by atoms with E-state index < -0.39 is 26.5 Å². The lowest BCUT2D eigenvalue weighted by molar-refractivity contribution is 0.358. The first-order valence-electron chi connectivity index (χ1n) is 12.6. The third-order valence-electron chi connectivity index (χ3n) is 5.64. The summed E-state index contributed by atoms with van der Waals surface area (Å²) >= 11 is 0. The zero-order valence-corrected chi connectivity index (χ0v) is 23.4. The van der Waals surface area contributed by atoms with Gasteiger partial charge in [-0.2, -0.15) is 0 Å². The zero-order chi connectivity index (χ0) is 28.5. The van der Waals surface area contributed by atoms with E-state index in [0.29, 0.717) is 0 Å². The number of halogens is 1. The molecule has 0 aliphatic heterocycles. The molecule has 0 saturated heterocycles. The van der Waals surface area contributed by atoms with Crippen LogP contribution in [0.15, 0.2) is 146 Å². The van der Waals surface area contributed by atoms with Crippen LogP contribution in [-0.4, -0.2) is 5.52 Å². The minimum absolute atomic E-state index is 0.198. The molecule has 0 heterocycles. The van der Waals surface area contributed by atoms with Crippen molar-refractivity contribution >= 4 is 20.9 Å². The lowest BCUT2D eigenvalue weighted by Crippen LogP contribution is -2.29. The van der Waals surface area contributed by atoms with Gasteiger partial charge in [0.1, 0.15) is 28.8 Å². The van der Waals surface area contributed by atoms with Crippen molar-refractivity contribution in [1.82, 2.24) is 0 Å². The highest BCUT2D eigenvalue weighted by molar-refractivity contribution is 7.73. The summed E-state index contributed by atoms with van der Waals surface area (Å²) in [6.45, 7) is 0. The van der Waals surface area contributed by atoms with Crippen LogP contribution in [0.2, 0.25) is 0 Å². The Labute approximate surface area is 237 Å². The Balaban J connectivity index is 1.68. The highest BCUT2D eigenvalue weighted by atomic mass is 31.2. The largest absolute Gasteiger partial charge is 0.467 e. The quantitative estimate of drug-likeness (QED) is 0.145. The fraction of sp³-hybridized carbons (Fsp3) is 0.0323. The summed E-state index contributed by atoms with van der Waals surface area (Å²) in [5.74, 6) is 0.306. The maximum atomic E-state index is 15.0. The fourth-order valence-corrected chi connectivity index (χ4v) is 8.48. The van der Waals surface area contributed by atoms with Crippen LogP contribution in [0, 0.1) is 5.82 Å². The molecule has 1 N–H and O–H groups in total. The van der Waals surface area contributed by atoms with Crippen LogP contribution in [0.1, 0.15) is 0 Å². The Morgan fingerprint density at radius 3 is 1.05 bits per heavy atom. The van der Waals surface area contributed by atoms with E-state index in [4.69, 9.17) is 18.1 Å². The third kappa shape index (κ3) is 7.37. The van der Waals surface area contributed by atoms with E-state index in [0.717, 1.165) is 0 Å². The highest BCUT2D eigenvalue weighted by Crippen LogP contribution is 2.68. The van der Waals surface area contributed by atoms with Gasteiger partial charge in [0.25, 0.3) is 5.52 Å². The van der Waals surface area contributed by atoms with Crippen molar-refractivity contribution in [2.24, 2.45) is 0 Å². The molecule has 0 aromatic heterocycles. The Bertz CT molecular complexity index is 1430. The van der Waals surface area contributed by atoms with Gasteiger partial charge in [0.15, 0.2) is 0 Å². The summed E-state index contributed by atoms with van der Waals surface area (Å²) in [5.41, 5.74) is -1.46. The number of hydrogen-bond donors (Lipinski definition) is 1. The topological polar surface area (TPSA) is 83.1 Å². The van der Waals surface area contributed by atoms with E-state index in [-0.39, 0.29) is 28.7 Å². The molecule has 41 heavy (non-hydrogen) atoms. The Morgan fingerprint density at radius 2 is 0.756 bits per heavy atom. The molecule has 0 fully saturated rings. The van der Waals surface area contributed by atoms with E-state index >= 15 is 9.13 Å². The lowest BCUT2D eigenvalue weighted by atomic mass is 10.3. The average molecular weight is 589 g/mol. The van der Waals surface area contributed by atoms with Gasteiger partial charge in [-0.25, -0.2) is 13.5 Å². The maximum absolute atomic E-state index is 15.0. The van der Waals surface area contributed by atoms with Crippen LogP contribution >= 0.6 is 15.2 Å². The molecule has 0 saturated carbocycles. The number of benzene rings is 5. The van der Waals surface area contributed by atoms with E-state index in [9.17, 15) is 4.39 Å². The summed E-state index contributed by atoms with van der Waals surface area (Å²) in [4.78, 5) is 0. The average Bonchev–Trinajstić information content (AvgIpc) is 2.98. The first-order chi connectivity index (χ1) is 19.9. The molecular formula is C31H26FNO6P2. The number of para-hydroxylation sites is 4. The summed E-state index contributed by atoms with van der Waals surface area (Å²) in [6, 6.07) is 38.7. The van der Waals surface area contributed by atoms with E-state index in [1.54, 1.807) is 121 Å². The number of nitrogens with one attached hydrogen (secondary N) is 1. The van der Waals surface area contributed by atoms with Crippen molar-refractivity contribution in [2.75, 3.05) is 5.32 Å². The molecule has 0 radical (unpaired) electrons. The maximum Gasteiger partial charge on any atom is 0.467 e. The van der Waals surface area contributed by atoms with Crippen LogP contribution in [0.4, 0.5) is 10.1 Å². The van der Waals surface area contributed by atoms with Gasteiger partial charge in [0.2, 0.25) is 0 Å². The second-order valence-corrected chi connectivity index (χ2v) is 13.1. The molecule has 7 nitrogen and oxygen atoms in total. The molecule has 10 heteroatoms. The number of hydrogen-bond acceptors (Lipinski definition) is 7.